The van der Waals surface area contributed by atoms with E-state index in [9.17, 15) is 0 Å². The third-order valence-electron chi connectivity index (χ3n) is 3.23. The number of allylic oxidation sites excluding steroid dienone is 1. The number of methoxy groups -OCH3 is 1. The summed E-state index contributed by atoms with van der Waals surface area (Å²) in [6, 6.07) is 9.64. The number of benzene rings is 1. The van der Waals surface area contributed by atoms with Gasteiger partial charge >= 0.3 is 0 Å². The van der Waals surface area contributed by atoms with Gasteiger partial charge < -0.3 is 14.2 Å². The Morgan fingerprint density at radius 2 is 2.15 bits per heavy atom. The Morgan fingerprint density at radius 3 is 2.75 bits per heavy atom. The van der Waals surface area contributed by atoms with Crippen LogP contribution in [0, 0.1) is 11.3 Å². The molecule has 20 heavy (non-hydrogen) atoms. The zero-order chi connectivity index (χ0) is 14.2. The molecule has 0 spiro atoms. The average Bonchev–Trinajstić information content (AvgIpc) is 2.52. The van der Waals surface area contributed by atoms with E-state index in [-0.39, 0.29) is 12.4 Å². The van der Waals surface area contributed by atoms with Crippen LogP contribution in [0.1, 0.15) is 30.9 Å². The average molecular weight is 273 g/mol. The maximum Gasteiger partial charge on any atom is 0.158 e. The van der Waals surface area contributed by atoms with Gasteiger partial charge in [-0.15, -0.1) is 0 Å². The topological polar surface area (TPSA) is 51.5 Å². The number of nitrogens with zero attached hydrogens (tertiary/aromatic N) is 1. The minimum atomic E-state index is -0.274. The van der Waals surface area contributed by atoms with Crippen LogP contribution in [0.25, 0.3) is 0 Å². The van der Waals surface area contributed by atoms with Crippen molar-refractivity contribution >= 4 is 0 Å². The lowest BCUT2D eigenvalue weighted by molar-refractivity contribution is -0.180. The van der Waals surface area contributed by atoms with Crippen molar-refractivity contribution in [3.63, 3.8) is 0 Å². The summed E-state index contributed by atoms with van der Waals surface area (Å²) in [5.74, 6) is 0.797. The van der Waals surface area contributed by atoms with Gasteiger partial charge in [-0.2, -0.15) is 5.26 Å². The Hall–Kier alpha value is -1.83. The second-order valence-electron chi connectivity index (χ2n) is 4.61. The summed E-state index contributed by atoms with van der Waals surface area (Å²) in [6.45, 7) is 0.738. The Balaban J connectivity index is 2.09. The van der Waals surface area contributed by atoms with Crippen LogP contribution in [0.15, 0.2) is 36.4 Å². The van der Waals surface area contributed by atoms with Crippen LogP contribution in [-0.2, 0) is 9.47 Å². The molecule has 1 fully saturated rings. The highest BCUT2D eigenvalue weighted by Gasteiger charge is 2.19. The molecule has 0 bridgehead atoms. The monoisotopic (exact) mass is 273 g/mol. The first-order valence-corrected chi connectivity index (χ1v) is 6.81. The fraction of sp³-hybridized carbons (Fsp3) is 0.438. The van der Waals surface area contributed by atoms with E-state index in [2.05, 4.69) is 0 Å². The van der Waals surface area contributed by atoms with E-state index in [0.29, 0.717) is 0 Å². The van der Waals surface area contributed by atoms with Gasteiger partial charge in [0.25, 0.3) is 0 Å². The molecule has 4 nitrogen and oxygen atoms in total. The molecule has 1 aliphatic rings. The minimum Gasteiger partial charge on any atom is -0.497 e. The molecule has 2 atom stereocenters. The summed E-state index contributed by atoms with van der Waals surface area (Å²) < 4.78 is 16.7. The third-order valence-corrected chi connectivity index (χ3v) is 3.23. The van der Waals surface area contributed by atoms with E-state index >= 15 is 0 Å². The van der Waals surface area contributed by atoms with Crippen molar-refractivity contribution in [1.29, 1.82) is 5.26 Å². The van der Waals surface area contributed by atoms with E-state index < -0.39 is 0 Å². The zero-order valence-corrected chi connectivity index (χ0v) is 11.6. The van der Waals surface area contributed by atoms with Gasteiger partial charge in [0, 0.05) is 12.7 Å². The summed E-state index contributed by atoms with van der Waals surface area (Å²) >= 11 is 0. The minimum absolute atomic E-state index is 0.195. The first kappa shape index (κ1) is 14.6. The molecule has 1 unspecified atom stereocenters. The van der Waals surface area contributed by atoms with E-state index in [1.54, 1.807) is 13.2 Å². The Labute approximate surface area is 119 Å². The highest BCUT2D eigenvalue weighted by molar-refractivity contribution is 5.30. The lowest BCUT2D eigenvalue weighted by atomic mass is 10.1. The standard InChI is InChI=1S/C16H19NO3/c1-18-14-9-7-13(8-10-14)15(5-4-11-17)20-16-6-2-3-12-19-16/h4-5,7-10,15-16H,2-3,6,12H2,1H3/b5-4+/t15-,16?/m0/s1. The molecule has 0 N–H and O–H groups in total. The fourth-order valence-electron chi connectivity index (χ4n) is 2.14. The number of hydrogen-bond donors (Lipinski definition) is 0. The van der Waals surface area contributed by atoms with Gasteiger partial charge in [0.1, 0.15) is 11.9 Å². The summed E-state index contributed by atoms with van der Waals surface area (Å²) in [5.41, 5.74) is 0.978. The molecule has 0 amide bonds. The van der Waals surface area contributed by atoms with Crippen LogP contribution in [-0.4, -0.2) is 20.0 Å². The van der Waals surface area contributed by atoms with Gasteiger partial charge in [-0.05, 0) is 43.0 Å². The lowest BCUT2D eigenvalue weighted by Gasteiger charge is -2.26. The molecule has 0 saturated carbocycles. The summed E-state index contributed by atoms with van der Waals surface area (Å²) in [6.07, 6.45) is 5.82. The molecule has 1 aromatic carbocycles. The second kappa shape index (κ2) is 7.68. The van der Waals surface area contributed by atoms with Gasteiger partial charge in [0.2, 0.25) is 0 Å². The van der Waals surface area contributed by atoms with E-state index in [4.69, 9.17) is 19.5 Å². The van der Waals surface area contributed by atoms with Crippen LogP contribution in [0.2, 0.25) is 0 Å². The summed E-state index contributed by atoms with van der Waals surface area (Å²) in [7, 11) is 1.63. The van der Waals surface area contributed by atoms with Crippen LogP contribution < -0.4 is 4.74 Å². The normalized spacial score (nSPS) is 20.5. The Morgan fingerprint density at radius 1 is 1.35 bits per heavy atom. The quantitative estimate of drug-likeness (QED) is 0.772. The van der Waals surface area contributed by atoms with Gasteiger partial charge in [-0.3, -0.25) is 0 Å². The van der Waals surface area contributed by atoms with Crippen molar-refractivity contribution in [2.75, 3.05) is 13.7 Å². The maximum absolute atomic E-state index is 8.71. The fourth-order valence-corrected chi connectivity index (χ4v) is 2.14. The largest absolute Gasteiger partial charge is 0.497 e. The van der Waals surface area contributed by atoms with Gasteiger partial charge in [0.05, 0.1) is 13.2 Å². The molecule has 0 aliphatic carbocycles. The van der Waals surface area contributed by atoms with E-state index in [0.717, 1.165) is 37.2 Å². The smallest absolute Gasteiger partial charge is 0.158 e. The van der Waals surface area contributed by atoms with E-state index in [1.165, 1.54) is 6.08 Å². The van der Waals surface area contributed by atoms with Crippen LogP contribution >= 0.6 is 0 Å². The predicted molar refractivity (Wildman–Crippen MR) is 75.2 cm³/mol. The van der Waals surface area contributed by atoms with Crippen LogP contribution in [0.3, 0.4) is 0 Å². The van der Waals surface area contributed by atoms with E-state index in [1.807, 2.05) is 30.3 Å². The molecule has 2 rings (SSSR count). The van der Waals surface area contributed by atoms with Crippen molar-refractivity contribution in [2.24, 2.45) is 0 Å². The molecule has 1 heterocycles. The first-order chi connectivity index (χ1) is 9.83. The van der Waals surface area contributed by atoms with Crippen molar-refractivity contribution in [3.8, 4) is 11.8 Å². The molecular weight excluding hydrogens is 254 g/mol. The van der Waals surface area contributed by atoms with Crippen LogP contribution in [0.4, 0.5) is 0 Å². The Bertz CT molecular complexity index is 469. The third kappa shape index (κ3) is 4.09. The van der Waals surface area contributed by atoms with Gasteiger partial charge in [-0.25, -0.2) is 0 Å². The molecule has 1 aliphatic heterocycles. The van der Waals surface area contributed by atoms with Gasteiger partial charge in [-0.1, -0.05) is 12.1 Å². The molecule has 1 saturated heterocycles. The highest BCUT2D eigenvalue weighted by Crippen LogP contribution is 2.26. The number of rotatable bonds is 5. The molecule has 4 heteroatoms. The molecular formula is C16H19NO3. The Kier molecular flexibility index (Phi) is 5.60. The first-order valence-electron chi connectivity index (χ1n) is 6.81. The van der Waals surface area contributed by atoms with Crippen molar-refractivity contribution < 1.29 is 14.2 Å². The molecule has 106 valence electrons. The summed E-state index contributed by atoms with van der Waals surface area (Å²) in [5, 5.41) is 8.71. The zero-order valence-electron chi connectivity index (χ0n) is 11.6. The molecule has 0 radical (unpaired) electrons. The predicted octanol–water partition coefficient (Wildman–Crippen LogP) is 3.36. The number of nitriles is 1. The summed E-state index contributed by atoms with van der Waals surface area (Å²) in [4.78, 5) is 0. The van der Waals surface area contributed by atoms with Gasteiger partial charge in [0.15, 0.2) is 6.29 Å². The van der Waals surface area contributed by atoms with Crippen molar-refractivity contribution in [2.45, 2.75) is 31.7 Å². The molecule has 1 aromatic rings. The SMILES string of the molecule is COc1ccc([C@H](/C=C/C#N)OC2CCCCO2)cc1. The van der Waals surface area contributed by atoms with Crippen LogP contribution in [0.5, 0.6) is 5.75 Å². The van der Waals surface area contributed by atoms with Crippen molar-refractivity contribution in [1.82, 2.24) is 0 Å². The molecule has 0 aromatic heterocycles. The van der Waals surface area contributed by atoms with Crippen molar-refractivity contribution in [3.05, 3.63) is 42.0 Å². The second-order valence-corrected chi connectivity index (χ2v) is 4.61. The number of hydrogen-bond acceptors (Lipinski definition) is 4. The maximum atomic E-state index is 8.71. The lowest BCUT2D eigenvalue weighted by Crippen LogP contribution is -2.23. The highest BCUT2D eigenvalue weighted by atomic mass is 16.7. The number of ether oxygens (including phenoxy) is 3.